The van der Waals surface area contributed by atoms with E-state index in [-0.39, 0.29) is 0 Å². The molecule has 1 amide bonds. The molecule has 1 aliphatic rings. The summed E-state index contributed by atoms with van der Waals surface area (Å²) in [4.78, 5) is 13.7. The quantitative estimate of drug-likeness (QED) is 0.469. The van der Waals surface area contributed by atoms with Crippen LogP contribution in [0, 0.1) is 5.92 Å². The number of rotatable bonds is 11. The molecule has 1 rings (SSSR count). The first-order valence-electron chi connectivity index (χ1n) is 7.81. The molecule has 0 bridgehead atoms. The van der Waals surface area contributed by atoms with Crippen LogP contribution in [-0.2, 0) is 4.79 Å². The second-order valence-electron chi connectivity index (χ2n) is 5.68. The molecule has 0 saturated carbocycles. The van der Waals surface area contributed by atoms with Gasteiger partial charge in [-0.25, -0.2) is 0 Å². The molecule has 0 aromatic heterocycles. The maximum Gasteiger partial charge on any atom is 0.222 e. The lowest BCUT2D eigenvalue weighted by atomic mass is 10.1. The lowest BCUT2D eigenvalue weighted by Gasteiger charge is -2.15. The summed E-state index contributed by atoms with van der Waals surface area (Å²) < 4.78 is 0. The highest BCUT2D eigenvalue weighted by Crippen LogP contribution is 2.19. The largest absolute Gasteiger partial charge is 0.342 e. The number of nitrogens with zero attached hydrogens (tertiary/aromatic N) is 1. The van der Waals surface area contributed by atoms with E-state index in [1.54, 1.807) is 0 Å². The molecule has 0 spiro atoms. The van der Waals surface area contributed by atoms with Crippen molar-refractivity contribution in [2.75, 3.05) is 25.5 Å². The SMILES string of the molecule is NCCCCCCCCCCN1CC(CCl)CC1=O. The van der Waals surface area contributed by atoms with Crippen molar-refractivity contribution >= 4 is 17.5 Å². The molecule has 3 nitrogen and oxygen atoms in total. The van der Waals surface area contributed by atoms with Crippen molar-refractivity contribution in [3.05, 3.63) is 0 Å². The Morgan fingerprint density at radius 2 is 1.63 bits per heavy atom. The van der Waals surface area contributed by atoms with Gasteiger partial charge in [-0.3, -0.25) is 4.79 Å². The Labute approximate surface area is 122 Å². The first kappa shape index (κ1) is 16.8. The van der Waals surface area contributed by atoms with E-state index >= 15 is 0 Å². The number of nitrogens with two attached hydrogens (primary N) is 1. The van der Waals surface area contributed by atoms with Gasteiger partial charge in [-0.2, -0.15) is 0 Å². The predicted molar refractivity (Wildman–Crippen MR) is 81.4 cm³/mol. The van der Waals surface area contributed by atoms with Crippen molar-refractivity contribution in [1.82, 2.24) is 4.90 Å². The summed E-state index contributed by atoms with van der Waals surface area (Å²) in [6, 6.07) is 0. The van der Waals surface area contributed by atoms with E-state index in [1.165, 1.54) is 44.9 Å². The number of hydrogen-bond donors (Lipinski definition) is 1. The van der Waals surface area contributed by atoms with Crippen molar-refractivity contribution < 1.29 is 4.79 Å². The van der Waals surface area contributed by atoms with Crippen LogP contribution in [0.2, 0.25) is 0 Å². The zero-order chi connectivity index (χ0) is 13.9. The minimum absolute atomic E-state index is 0.299. The Bertz CT molecular complexity index is 248. The fourth-order valence-corrected chi connectivity index (χ4v) is 2.89. The summed E-state index contributed by atoms with van der Waals surface area (Å²) in [5.41, 5.74) is 5.46. The van der Waals surface area contributed by atoms with Crippen LogP contribution in [0.4, 0.5) is 0 Å². The topological polar surface area (TPSA) is 46.3 Å². The maximum atomic E-state index is 11.7. The number of halogens is 1. The molecule has 1 heterocycles. The third kappa shape index (κ3) is 7.17. The number of unbranched alkanes of at least 4 members (excludes halogenated alkanes) is 7. The van der Waals surface area contributed by atoms with Crippen LogP contribution >= 0.6 is 11.6 Å². The zero-order valence-corrected chi connectivity index (χ0v) is 12.8. The lowest BCUT2D eigenvalue weighted by Crippen LogP contribution is -2.26. The average Bonchev–Trinajstić information content (AvgIpc) is 2.78. The van der Waals surface area contributed by atoms with E-state index in [2.05, 4.69) is 0 Å². The van der Waals surface area contributed by atoms with Gasteiger partial charge in [-0.05, 0) is 25.3 Å². The first-order valence-corrected chi connectivity index (χ1v) is 8.35. The lowest BCUT2D eigenvalue weighted by molar-refractivity contribution is -0.127. The average molecular weight is 289 g/mol. The Hall–Kier alpha value is -0.280. The van der Waals surface area contributed by atoms with Gasteiger partial charge in [0, 0.05) is 25.4 Å². The Kier molecular flexibility index (Phi) is 9.27. The monoisotopic (exact) mass is 288 g/mol. The molecule has 1 fully saturated rings. The van der Waals surface area contributed by atoms with E-state index in [4.69, 9.17) is 17.3 Å². The molecule has 4 heteroatoms. The number of carbonyl (C=O) groups excluding carboxylic acids is 1. The molecule has 2 N–H and O–H groups in total. The normalized spacial score (nSPS) is 19.4. The van der Waals surface area contributed by atoms with Crippen molar-refractivity contribution in [3.63, 3.8) is 0 Å². The molecule has 19 heavy (non-hydrogen) atoms. The Morgan fingerprint density at radius 3 is 2.16 bits per heavy atom. The van der Waals surface area contributed by atoms with E-state index in [9.17, 15) is 4.79 Å². The van der Waals surface area contributed by atoms with Crippen LogP contribution < -0.4 is 5.73 Å². The van der Waals surface area contributed by atoms with Gasteiger partial charge < -0.3 is 10.6 Å². The van der Waals surface area contributed by atoms with E-state index in [0.29, 0.717) is 24.1 Å². The van der Waals surface area contributed by atoms with Crippen LogP contribution in [0.5, 0.6) is 0 Å². The summed E-state index contributed by atoms with van der Waals surface area (Å²) in [5.74, 6) is 1.30. The van der Waals surface area contributed by atoms with Gasteiger partial charge in [0.1, 0.15) is 0 Å². The molecule has 1 unspecified atom stereocenters. The molecule has 0 radical (unpaired) electrons. The van der Waals surface area contributed by atoms with Crippen LogP contribution in [0.15, 0.2) is 0 Å². The Morgan fingerprint density at radius 1 is 1.05 bits per heavy atom. The highest BCUT2D eigenvalue weighted by atomic mass is 35.5. The third-order valence-corrected chi connectivity index (χ3v) is 4.33. The summed E-state index contributed by atoms with van der Waals surface area (Å²) >= 11 is 5.81. The van der Waals surface area contributed by atoms with Crippen LogP contribution in [0.1, 0.15) is 57.8 Å². The molecule has 1 aliphatic heterocycles. The second kappa shape index (κ2) is 10.5. The van der Waals surface area contributed by atoms with Gasteiger partial charge in [-0.15, -0.1) is 11.6 Å². The first-order chi connectivity index (χ1) is 9.27. The fourth-order valence-electron chi connectivity index (χ4n) is 2.68. The summed E-state index contributed by atoms with van der Waals surface area (Å²) in [6.07, 6.45) is 10.8. The molecule has 112 valence electrons. The standard InChI is InChI=1S/C15H29ClN2O/c16-12-14-11-15(19)18(13-14)10-8-6-4-2-1-3-5-7-9-17/h14H,1-13,17H2. The highest BCUT2D eigenvalue weighted by molar-refractivity contribution is 6.18. The Balaban J connectivity index is 1.90. The molecule has 0 aromatic rings. The molecule has 0 aromatic carbocycles. The predicted octanol–water partition coefficient (Wildman–Crippen LogP) is 3.15. The number of alkyl halides is 1. The molecular weight excluding hydrogens is 260 g/mol. The summed E-state index contributed by atoms with van der Waals surface area (Å²) in [5, 5.41) is 0. The third-order valence-electron chi connectivity index (χ3n) is 3.89. The smallest absolute Gasteiger partial charge is 0.222 e. The molecule has 0 aliphatic carbocycles. The van der Waals surface area contributed by atoms with Gasteiger partial charge in [0.2, 0.25) is 5.91 Å². The maximum absolute atomic E-state index is 11.7. The second-order valence-corrected chi connectivity index (χ2v) is 5.99. The molecule has 1 saturated heterocycles. The fraction of sp³-hybridized carbons (Fsp3) is 0.933. The number of likely N-dealkylation sites (tertiary alicyclic amines) is 1. The van der Waals surface area contributed by atoms with E-state index in [1.807, 2.05) is 4.90 Å². The highest BCUT2D eigenvalue weighted by Gasteiger charge is 2.27. The van der Waals surface area contributed by atoms with E-state index in [0.717, 1.165) is 26.1 Å². The number of hydrogen-bond acceptors (Lipinski definition) is 2. The van der Waals surface area contributed by atoms with Gasteiger partial charge in [-0.1, -0.05) is 38.5 Å². The zero-order valence-electron chi connectivity index (χ0n) is 12.1. The van der Waals surface area contributed by atoms with Gasteiger partial charge in [0.25, 0.3) is 0 Å². The van der Waals surface area contributed by atoms with Crippen LogP contribution in [0.3, 0.4) is 0 Å². The van der Waals surface area contributed by atoms with Gasteiger partial charge >= 0.3 is 0 Å². The summed E-state index contributed by atoms with van der Waals surface area (Å²) in [6.45, 7) is 2.63. The molecular formula is C15H29ClN2O. The number of amides is 1. The van der Waals surface area contributed by atoms with Crippen molar-refractivity contribution in [2.24, 2.45) is 11.7 Å². The van der Waals surface area contributed by atoms with Gasteiger partial charge in [0.05, 0.1) is 0 Å². The minimum atomic E-state index is 0.299. The van der Waals surface area contributed by atoms with Crippen molar-refractivity contribution in [3.8, 4) is 0 Å². The van der Waals surface area contributed by atoms with Crippen molar-refractivity contribution in [1.29, 1.82) is 0 Å². The minimum Gasteiger partial charge on any atom is -0.342 e. The van der Waals surface area contributed by atoms with Crippen molar-refractivity contribution in [2.45, 2.75) is 57.8 Å². The van der Waals surface area contributed by atoms with Crippen LogP contribution in [-0.4, -0.2) is 36.3 Å². The van der Waals surface area contributed by atoms with Gasteiger partial charge in [0.15, 0.2) is 0 Å². The van der Waals surface area contributed by atoms with Crippen LogP contribution in [0.25, 0.3) is 0 Å². The molecule has 1 atom stereocenters. The number of carbonyl (C=O) groups is 1. The summed E-state index contributed by atoms with van der Waals surface area (Å²) in [7, 11) is 0. The van der Waals surface area contributed by atoms with E-state index < -0.39 is 0 Å².